The van der Waals surface area contributed by atoms with Gasteiger partial charge in [-0.25, -0.2) is 0 Å². The van der Waals surface area contributed by atoms with Gasteiger partial charge in [0.05, 0.1) is 23.1 Å². The second kappa shape index (κ2) is 7.58. The van der Waals surface area contributed by atoms with Crippen LogP contribution in [0.4, 0.5) is 0 Å². The van der Waals surface area contributed by atoms with Crippen molar-refractivity contribution in [3.05, 3.63) is 47.7 Å². The van der Waals surface area contributed by atoms with Crippen LogP contribution in [0.25, 0.3) is 11.3 Å². The molecule has 0 spiro atoms. The first kappa shape index (κ1) is 19.2. The van der Waals surface area contributed by atoms with Crippen LogP contribution in [0.5, 0.6) is 0 Å². The monoisotopic (exact) mass is 388 g/mol. The number of aryl methyl sites for hydroxylation is 1. The van der Waals surface area contributed by atoms with Crippen LogP contribution in [0.2, 0.25) is 0 Å². The minimum Gasteiger partial charge on any atom is -0.296 e. The van der Waals surface area contributed by atoms with E-state index in [0.29, 0.717) is 24.1 Å². The van der Waals surface area contributed by atoms with Gasteiger partial charge in [-0.05, 0) is 49.6 Å². The van der Waals surface area contributed by atoms with E-state index in [2.05, 4.69) is 10.3 Å². The van der Waals surface area contributed by atoms with Gasteiger partial charge in [0.1, 0.15) is 0 Å². The predicted molar refractivity (Wildman–Crippen MR) is 98.3 cm³/mol. The summed E-state index contributed by atoms with van der Waals surface area (Å²) in [6, 6.07) is 8.27. The number of carbonyl (C=O) groups excluding carboxylic acids is 2. The Hall–Kier alpha value is -2.58. The number of amides is 2. The summed E-state index contributed by atoms with van der Waals surface area (Å²) in [6.07, 6.45) is 2.35. The van der Waals surface area contributed by atoms with E-state index in [0.717, 1.165) is 11.1 Å². The van der Waals surface area contributed by atoms with Crippen LogP contribution in [0.1, 0.15) is 36.8 Å². The number of piperidine rings is 1. The summed E-state index contributed by atoms with van der Waals surface area (Å²) in [5.41, 5.74) is 2.86. The topological polar surface area (TPSA) is 102 Å². The lowest BCUT2D eigenvalue weighted by Gasteiger charge is -2.21. The molecule has 8 heteroatoms. The molecule has 1 N–H and O–H groups in total. The molecular formula is C19H20N2O5S. The second-order valence-corrected chi connectivity index (χ2v) is 7.93. The molecule has 3 rings (SSSR count). The van der Waals surface area contributed by atoms with Gasteiger partial charge in [-0.1, -0.05) is 12.1 Å². The van der Waals surface area contributed by atoms with E-state index < -0.39 is 16.0 Å². The van der Waals surface area contributed by atoms with E-state index in [1.807, 2.05) is 6.92 Å². The average Bonchev–Trinajstić information content (AvgIpc) is 2.62. The zero-order valence-electron chi connectivity index (χ0n) is 15.1. The molecule has 0 aliphatic carbocycles. The fraction of sp³-hybridized carbons (Fsp3) is 0.316. The number of pyridine rings is 1. The maximum absolute atomic E-state index is 12.1. The smallest absolute Gasteiger partial charge is 0.296 e. The van der Waals surface area contributed by atoms with Crippen LogP contribution in [-0.2, 0) is 23.9 Å². The zero-order valence-corrected chi connectivity index (χ0v) is 15.9. The zero-order chi connectivity index (χ0) is 19.6. The van der Waals surface area contributed by atoms with Crippen molar-refractivity contribution in [3.8, 4) is 11.3 Å². The number of benzene rings is 1. The van der Waals surface area contributed by atoms with Crippen molar-refractivity contribution in [1.82, 2.24) is 10.3 Å². The van der Waals surface area contributed by atoms with Crippen LogP contribution < -0.4 is 5.32 Å². The molecule has 142 valence electrons. The Kier molecular flexibility index (Phi) is 5.38. The number of imide groups is 1. The Balaban J connectivity index is 1.91. The van der Waals surface area contributed by atoms with Gasteiger partial charge < -0.3 is 0 Å². The van der Waals surface area contributed by atoms with Gasteiger partial charge in [-0.3, -0.25) is 24.1 Å². The van der Waals surface area contributed by atoms with Gasteiger partial charge in [-0.2, -0.15) is 8.42 Å². The number of nitrogens with zero attached hydrogens (tertiary/aromatic N) is 1. The highest BCUT2D eigenvalue weighted by Gasteiger charge is 2.28. The van der Waals surface area contributed by atoms with Crippen molar-refractivity contribution >= 4 is 21.9 Å². The molecule has 0 bridgehead atoms. The van der Waals surface area contributed by atoms with E-state index in [1.54, 1.807) is 31.3 Å². The molecule has 0 radical (unpaired) electrons. The highest BCUT2D eigenvalue weighted by molar-refractivity contribution is 7.86. The summed E-state index contributed by atoms with van der Waals surface area (Å²) >= 11 is 0. The SMILES string of the molecule is CCOS(=O)(=O)c1ccc(C)c(-c2ccc(C3CCC(=O)NC3=O)cn2)c1. The first-order chi connectivity index (χ1) is 12.8. The molecule has 27 heavy (non-hydrogen) atoms. The van der Waals surface area contributed by atoms with Crippen molar-refractivity contribution in [3.63, 3.8) is 0 Å². The van der Waals surface area contributed by atoms with Crippen LogP contribution in [0, 0.1) is 6.92 Å². The molecule has 2 amide bonds. The molecule has 1 aliphatic rings. The van der Waals surface area contributed by atoms with Gasteiger partial charge in [0.25, 0.3) is 10.1 Å². The molecule has 2 aromatic rings. The van der Waals surface area contributed by atoms with E-state index in [4.69, 9.17) is 4.18 Å². The second-order valence-electron chi connectivity index (χ2n) is 6.32. The highest BCUT2D eigenvalue weighted by Crippen LogP contribution is 2.29. The van der Waals surface area contributed by atoms with Gasteiger partial charge >= 0.3 is 0 Å². The lowest BCUT2D eigenvalue weighted by Crippen LogP contribution is -2.39. The molecule has 1 atom stereocenters. The van der Waals surface area contributed by atoms with Crippen LogP contribution in [0.15, 0.2) is 41.4 Å². The fourth-order valence-corrected chi connectivity index (χ4v) is 3.98. The Morgan fingerprint density at radius 3 is 2.63 bits per heavy atom. The summed E-state index contributed by atoms with van der Waals surface area (Å²) in [6.45, 7) is 3.54. The summed E-state index contributed by atoms with van der Waals surface area (Å²) in [7, 11) is -3.81. The van der Waals surface area contributed by atoms with E-state index in [-0.39, 0.29) is 23.3 Å². The molecule has 1 aromatic carbocycles. The minimum absolute atomic E-state index is 0.0600. The van der Waals surface area contributed by atoms with Gasteiger partial charge in [-0.15, -0.1) is 0 Å². The van der Waals surface area contributed by atoms with Crippen molar-refractivity contribution in [2.45, 2.75) is 37.5 Å². The first-order valence-corrected chi connectivity index (χ1v) is 10.0. The molecule has 2 heterocycles. The van der Waals surface area contributed by atoms with Crippen molar-refractivity contribution in [2.75, 3.05) is 6.61 Å². The Morgan fingerprint density at radius 1 is 1.22 bits per heavy atom. The third kappa shape index (κ3) is 4.06. The van der Waals surface area contributed by atoms with E-state index in [9.17, 15) is 18.0 Å². The molecule has 1 saturated heterocycles. The lowest BCUT2D eigenvalue weighted by molar-refractivity contribution is -0.134. The number of hydrogen-bond donors (Lipinski definition) is 1. The average molecular weight is 388 g/mol. The molecule has 0 saturated carbocycles. The number of aromatic nitrogens is 1. The Labute approximate surface area is 157 Å². The lowest BCUT2D eigenvalue weighted by atomic mass is 9.91. The van der Waals surface area contributed by atoms with E-state index in [1.165, 1.54) is 12.1 Å². The highest BCUT2D eigenvalue weighted by atomic mass is 32.2. The normalized spacial score (nSPS) is 17.6. The Bertz CT molecular complexity index is 984. The molecule has 1 fully saturated rings. The van der Waals surface area contributed by atoms with E-state index >= 15 is 0 Å². The fourth-order valence-electron chi connectivity index (χ4n) is 3.04. The number of hydrogen-bond acceptors (Lipinski definition) is 6. The maximum atomic E-state index is 12.1. The van der Waals surface area contributed by atoms with Crippen molar-refractivity contribution < 1.29 is 22.2 Å². The van der Waals surface area contributed by atoms with Gasteiger partial charge in [0.2, 0.25) is 11.8 Å². The molecule has 1 aromatic heterocycles. The predicted octanol–water partition coefficient (Wildman–Crippen LogP) is 2.30. The molecule has 1 unspecified atom stereocenters. The van der Waals surface area contributed by atoms with Gasteiger partial charge in [0.15, 0.2) is 0 Å². The quantitative estimate of drug-likeness (QED) is 0.623. The van der Waals surface area contributed by atoms with Crippen molar-refractivity contribution in [1.29, 1.82) is 0 Å². The van der Waals surface area contributed by atoms with Gasteiger partial charge in [0, 0.05) is 18.2 Å². The molecular weight excluding hydrogens is 368 g/mol. The minimum atomic E-state index is -3.81. The number of carbonyl (C=O) groups is 2. The van der Waals surface area contributed by atoms with Crippen LogP contribution >= 0.6 is 0 Å². The molecule has 7 nitrogen and oxygen atoms in total. The van der Waals surface area contributed by atoms with Crippen LogP contribution in [0.3, 0.4) is 0 Å². The summed E-state index contributed by atoms with van der Waals surface area (Å²) in [5, 5.41) is 2.33. The third-order valence-corrected chi connectivity index (χ3v) is 5.85. The number of rotatable bonds is 5. The summed E-state index contributed by atoms with van der Waals surface area (Å²) in [4.78, 5) is 27.7. The summed E-state index contributed by atoms with van der Waals surface area (Å²) in [5.74, 6) is -0.986. The standard InChI is InChI=1S/C19H20N2O5S/c1-3-26-27(24,25)14-6-4-12(2)16(10-14)17-8-5-13(11-20-17)15-7-9-18(22)21-19(15)23/h4-6,8,10-11,15H,3,7,9H2,1-2H3,(H,21,22,23). The maximum Gasteiger partial charge on any atom is 0.296 e. The first-order valence-electron chi connectivity index (χ1n) is 8.62. The summed E-state index contributed by atoms with van der Waals surface area (Å²) < 4.78 is 29.1. The van der Waals surface area contributed by atoms with Crippen molar-refractivity contribution in [2.24, 2.45) is 0 Å². The van der Waals surface area contributed by atoms with Crippen LogP contribution in [-0.4, -0.2) is 31.8 Å². The molecule has 1 aliphatic heterocycles. The number of nitrogens with one attached hydrogen (secondary N) is 1. The third-order valence-electron chi connectivity index (χ3n) is 4.47. The largest absolute Gasteiger partial charge is 0.296 e. The Morgan fingerprint density at radius 2 is 2.00 bits per heavy atom.